The number of fused-ring (bicyclic) bond motifs is 1. The van der Waals surface area contributed by atoms with Crippen LogP contribution in [0.1, 0.15) is 20.8 Å². The van der Waals surface area contributed by atoms with Crippen LogP contribution in [0.3, 0.4) is 0 Å². The number of nitrogens with zero attached hydrogens (tertiary/aromatic N) is 1. The van der Waals surface area contributed by atoms with E-state index in [2.05, 4.69) is 20.6 Å². The molecule has 0 unspecified atom stereocenters. The molecule has 0 radical (unpaired) electrons. The van der Waals surface area contributed by atoms with Gasteiger partial charge in [-0.2, -0.15) is 0 Å². The van der Waals surface area contributed by atoms with Gasteiger partial charge < -0.3 is 20.4 Å². The van der Waals surface area contributed by atoms with Crippen LogP contribution in [-0.4, -0.2) is 28.8 Å². The highest BCUT2D eigenvalue weighted by atomic mass is 16.5. The van der Waals surface area contributed by atoms with Crippen molar-refractivity contribution >= 4 is 28.4 Å². The number of ether oxygens (including phenoxy) is 1. The van der Waals surface area contributed by atoms with Gasteiger partial charge in [0.15, 0.2) is 0 Å². The molecule has 0 aliphatic rings. The molecule has 7 nitrogen and oxygen atoms in total. The third-order valence-electron chi connectivity index (χ3n) is 4.37. The normalized spacial score (nSPS) is 10.5. The Morgan fingerprint density at radius 2 is 1.76 bits per heavy atom. The molecule has 0 aliphatic heterocycles. The molecular weight excluding hydrogens is 368 g/mol. The number of amides is 2. The van der Waals surface area contributed by atoms with Crippen LogP contribution in [0.15, 0.2) is 73.1 Å². The van der Waals surface area contributed by atoms with E-state index in [-0.39, 0.29) is 17.5 Å². The molecule has 4 aromatic rings. The number of aromatic nitrogens is 2. The number of nitrogens with one attached hydrogen (secondary N) is 3. The molecular formula is C22H18N4O3. The second kappa shape index (κ2) is 7.85. The Balaban J connectivity index is 1.45. The lowest BCUT2D eigenvalue weighted by Crippen LogP contribution is -2.18. The van der Waals surface area contributed by atoms with E-state index < -0.39 is 0 Å². The Hall–Kier alpha value is -4.13. The molecule has 144 valence electrons. The van der Waals surface area contributed by atoms with Gasteiger partial charge in [0.05, 0.1) is 5.56 Å². The zero-order valence-corrected chi connectivity index (χ0v) is 15.6. The summed E-state index contributed by atoms with van der Waals surface area (Å²) in [6, 6.07) is 17.9. The second-order valence-corrected chi connectivity index (χ2v) is 6.28. The summed E-state index contributed by atoms with van der Waals surface area (Å²) in [5.41, 5.74) is 2.41. The number of para-hydroxylation sites is 1. The minimum Gasteiger partial charge on any atom is -0.457 e. The van der Waals surface area contributed by atoms with Crippen LogP contribution in [0.2, 0.25) is 0 Å². The largest absolute Gasteiger partial charge is 0.457 e. The standard InChI is InChI=1S/C22H18N4O3/c1-23-22(28)20-12-16(10-11-24-20)29-15-8-6-14(7-9-15)26-21(27)18-13-25-19-5-3-2-4-17(18)19/h2-13,25H,1H3,(H,23,28)(H,26,27). The van der Waals surface area contributed by atoms with Crippen LogP contribution in [0.25, 0.3) is 10.9 Å². The Labute approximate surface area is 166 Å². The number of pyridine rings is 1. The zero-order chi connectivity index (χ0) is 20.2. The van der Waals surface area contributed by atoms with Gasteiger partial charge in [0, 0.05) is 42.1 Å². The summed E-state index contributed by atoms with van der Waals surface area (Å²) in [6.45, 7) is 0. The van der Waals surface area contributed by atoms with Gasteiger partial charge in [0.25, 0.3) is 11.8 Å². The van der Waals surface area contributed by atoms with Crippen LogP contribution in [0.4, 0.5) is 5.69 Å². The smallest absolute Gasteiger partial charge is 0.269 e. The summed E-state index contributed by atoms with van der Waals surface area (Å²) in [6.07, 6.45) is 3.21. The van der Waals surface area contributed by atoms with Gasteiger partial charge >= 0.3 is 0 Å². The highest BCUT2D eigenvalue weighted by molar-refractivity contribution is 6.12. The van der Waals surface area contributed by atoms with Crippen molar-refractivity contribution in [3.8, 4) is 11.5 Å². The topological polar surface area (TPSA) is 96.1 Å². The zero-order valence-electron chi connectivity index (χ0n) is 15.6. The van der Waals surface area contributed by atoms with Crippen molar-refractivity contribution in [1.82, 2.24) is 15.3 Å². The number of H-pyrrole nitrogens is 1. The van der Waals surface area contributed by atoms with Gasteiger partial charge in [-0.05, 0) is 36.4 Å². The molecule has 0 saturated heterocycles. The number of aromatic amines is 1. The number of rotatable bonds is 5. The number of hydrogen-bond donors (Lipinski definition) is 3. The molecule has 2 aromatic heterocycles. The molecule has 0 saturated carbocycles. The molecule has 0 bridgehead atoms. The maximum absolute atomic E-state index is 12.6. The summed E-state index contributed by atoms with van der Waals surface area (Å²) < 4.78 is 5.77. The predicted octanol–water partition coefficient (Wildman–Crippen LogP) is 3.97. The van der Waals surface area contributed by atoms with E-state index in [9.17, 15) is 9.59 Å². The van der Waals surface area contributed by atoms with Crippen LogP contribution in [-0.2, 0) is 0 Å². The number of benzene rings is 2. The summed E-state index contributed by atoms with van der Waals surface area (Å²) in [7, 11) is 1.54. The number of carbonyl (C=O) groups is 2. The van der Waals surface area contributed by atoms with Crippen molar-refractivity contribution < 1.29 is 14.3 Å². The van der Waals surface area contributed by atoms with Crippen molar-refractivity contribution in [1.29, 1.82) is 0 Å². The van der Waals surface area contributed by atoms with Gasteiger partial charge in [0.2, 0.25) is 0 Å². The Morgan fingerprint density at radius 3 is 2.55 bits per heavy atom. The first kappa shape index (κ1) is 18.2. The summed E-state index contributed by atoms with van der Waals surface area (Å²) in [4.78, 5) is 31.4. The monoisotopic (exact) mass is 386 g/mol. The summed E-state index contributed by atoms with van der Waals surface area (Å²) in [5.74, 6) is 0.588. The minimum absolute atomic E-state index is 0.194. The van der Waals surface area contributed by atoms with Crippen molar-refractivity contribution in [3.63, 3.8) is 0 Å². The lowest BCUT2D eigenvalue weighted by atomic mass is 10.1. The molecule has 0 aliphatic carbocycles. The highest BCUT2D eigenvalue weighted by Gasteiger charge is 2.12. The molecule has 0 spiro atoms. The molecule has 2 aromatic carbocycles. The first-order chi connectivity index (χ1) is 14.1. The van der Waals surface area contributed by atoms with E-state index in [0.717, 1.165) is 10.9 Å². The van der Waals surface area contributed by atoms with Gasteiger partial charge in [-0.15, -0.1) is 0 Å². The molecule has 2 amide bonds. The maximum Gasteiger partial charge on any atom is 0.269 e. The molecule has 0 atom stereocenters. The second-order valence-electron chi connectivity index (χ2n) is 6.28. The van der Waals surface area contributed by atoms with Crippen molar-refractivity contribution in [2.75, 3.05) is 12.4 Å². The first-order valence-electron chi connectivity index (χ1n) is 8.97. The SMILES string of the molecule is CNC(=O)c1cc(Oc2ccc(NC(=O)c3c[nH]c4ccccc34)cc2)ccn1. The van der Waals surface area contributed by atoms with Crippen LogP contribution in [0.5, 0.6) is 11.5 Å². The van der Waals surface area contributed by atoms with Crippen molar-refractivity contribution in [2.24, 2.45) is 0 Å². The van der Waals surface area contributed by atoms with Gasteiger partial charge in [-0.1, -0.05) is 18.2 Å². The molecule has 7 heteroatoms. The number of carbonyl (C=O) groups excluding carboxylic acids is 2. The van der Waals surface area contributed by atoms with Gasteiger partial charge in [-0.3, -0.25) is 14.6 Å². The Kier molecular flexibility index (Phi) is 4.94. The summed E-state index contributed by atoms with van der Waals surface area (Å²) >= 11 is 0. The molecule has 2 heterocycles. The molecule has 3 N–H and O–H groups in total. The number of hydrogen-bond acceptors (Lipinski definition) is 4. The average Bonchev–Trinajstić information content (AvgIpc) is 3.19. The lowest BCUT2D eigenvalue weighted by molar-refractivity contribution is 0.0957. The fourth-order valence-corrected chi connectivity index (χ4v) is 2.93. The molecule has 4 rings (SSSR count). The van der Waals surface area contributed by atoms with Crippen LogP contribution < -0.4 is 15.4 Å². The van der Waals surface area contributed by atoms with E-state index in [1.807, 2.05) is 24.3 Å². The number of anilines is 1. The van der Waals surface area contributed by atoms with E-state index in [0.29, 0.717) is 22.7 Å². The van der Waals surface area contributed by atoms with Crippen molar-refractivity contribution in [2.45, 2.75) is 0 Å². The van der Waals surface area contributed by atoms with Gasteiger partial charge in [0.1, 0.15) is 17.2 Å². The Bertz CT molecular complexity index is 1180. The van der Waals surface area contributed by atoms with Gasteiger partial charge in [-0.25, -0.2) is 0 Å². The quantitative estimate of drug-likeness (QED) is 0.484. The van der Waals surface area contributed by atoms with E-state index in [4.69, 9.17) is 4.74 Å². The average molecular weight is 386 g/mol. The third-order valence-corrected chi connectivity index (χ3v) is 4.37. The first-order valence-corrected chi connectivity index (χ1v) is 8.97. The van der Waals surface area contributed by atoms with Crippen LogP contribution in [0, 0.1) is 0 Å². The van der Waals surface area contributed by atoms with Crippen molar-refractivity contribution in [3.05, 3.63) is 84.3 Å². The summed E-state index contributed by atoms with van der Waals surface area (Å²) in [5, 5.41) is 6.27. The fraction of sp³-hybridized carbons (Fsp3) is 0.0455. The molecule has 0 fully saturated rings. The van der Waals surface area contributed by atoms with E-state index in [1.165, 1.54) is 6.20 Å². The highest BCUT2D eigenvalue weighted by Crippen LogP contribution is 2.24. The fourth-order valence-electron chi connectivity index (χ4n) is 2.93. The van der Waals surface area contributed by atoms with Crippen LogP contribution >= 0.6 is 0 Å². The third kappa shape index (κ3) is 3.93. The maximum atomic E-state index is 12.6. The lowest BCUT2D eigenvalue weighted by Gasteiger charge is -2.09. The Morgan fingerprint density at radius 1 is 0.966 bits per heavy atom. The molecule has 29 heavy (non-hydrogen) atoms. The predicted molar refractivity (Wildman–Crippen MR) is 110 cm³/mol. The van der Waals surface area contributed by atoms with E-state index >= 15 is 0 Å². The minimum atomic E-state index is -0.286. The van der Waals surface area contributed by atoms with E-state index in [1.54, 1.807) is 49.6 Å².